The molecule has 3 aliphatic heterocycles. The van der Waals surface area contributed by atoms with Gasteiger partial charge in [-0.25, -0.2) is 4.79 Å². The molecule has 0 saturated carbocycles. The lowest BCUT2D eigenvalue weighted by molar-refractivity contribution is -0.189. The Balaban J connectivity index is 1.27. The Kier molecular flexibility index (Phi) is 5.52. The van der Waals surface area contributed by atoms with Crippen LogP contribution in [0, 0.1) is 0 Å². The van der Waals surface area contributed by atoms with Crippen LogP contribution >= 0.6 is 0 Å². The Labute approximate surface area is 172 Å². The summed E-state index contributed by atoms with van der Waals surface area (Å²) in [5, 5.41) is 2.88. The van der Waals surface area contributed by atoms with Crippen LogP contribution in [-0.2, 0) is 9.53 Å². The van der Waals surface area contributed by atoms with Crippen LogP contribution < -0.4 is 10.1 Å². The van der Waals surface area contributed by atoms with Crippen molar-refractivity contribution >= 4 is 11.9 Å². The summed E-state index contributed by atoms with van der Waals surface area (Å²) in [5.41, 5.74) is 0.956. The van der Waals surface area contributed by atoms with Gasteiger partial charge in [0.1, 0.15) is 12.4 Å². The van der Waals surface area contributed by atoms with Crippen LogP contribution in [0.1, 0.15) is 24.8 Å². The van der Waals surface area contributed by atoms with Crippen LogP contribution in [-0.4, -0.2) is 79.0 Å². The standard InChI is InChI=1S/C20H24F3N3O4/c1-12(20(21,22)23)30-15-4-2-13(3-5-15)14-8-26(9-14)19(28)25-7-6-17-16(10-25)24-18(27)11-29-17/h2-5,12,14,16-17H,6-11H2,1H3,(H,24,27)/t12-,16+,17-/m0/s1. The van der Waals surface area contributed by atoms with E-state index in [1.807, 2.05) is 0 Å². The Morgan fingerprint density at radius 2 is 1.90 bits per heavy atom. The Bertz CT molecular complexity index is 795. The van der Waals surface area contributed by atoms with Crippen molar-refractivity contribution in [1.29, 1.82) is 0 Å². The number of hydrogen-bond acceptors (Lipinski definition) is 4. The summed E-state index contributed by atoms with van der Waals surface area (Å²) in [7, 11) is 0. The molecule has 0 radical (unpaired) electrons. The van der Waals surface area contributed by atoms with Gasteiger partial charge in [-0.2, -0.15) is 13.2 Å². The van der Waals surface area contributed by atoms with Gasteiger partial charge in [-0.05, 0) is 31.0 Å². The Hall–Kier alpha value is -2.49. The van der Waals surface area contributed by atoms with E-state index in [9.17, 15) is 22.8 Å². The van der Waals surface area contributed by atoms with Crippen molar-refractivity contribution in [1.82, 2.24) is 15.1 Å². The minimum Gasteiger partial charge on any atom is -0.481 e. The number of morpholine rings is 1. The molecule has 164 valence electrons. The summed E-state index contributed by atoms with van der Waals surface area (Å²) in [6.45, 7) is 3.15. The predicted molar refractivity (Wildman–Crippen MR) is 100 cm³/mol. The average Bonchev–Trinajstić information content (AvgIpc) is 2.66. The normalized spacial score (nSPS) is 25.8. The number of amides is 3. The maximum atomic E-state index is 12.8. The van der Waals surface area contributed by atoms with Gasteiger partial charge >= 0.3 is 12.2 Å². The molecular weight excluding hydrogens is 403 g/mol. The molecule has 3 heterocycles. The summed E-state index contributed by atoms with van der Waals surface area (Å²) in [6.07, 6.45) is -5.64. The van der Waals surface area contributed by atoms with E-state index in [-0.39, 0.29) is 42.4 Å². The minimum absolute atomic E-state index is 0.0447. The zero-order valence-electron chi connectivity index (χ0n) is 16.5. The zero-order valence-corrected chi connectivity index (χ0v) is 16.5. The van der Waals surface area contributed by atoms with E-state index in [1.165, 1.54) is 12.1 Å². The summed E-state index contributed by atoms with van der Waals surface area (Å²) in [5.74, 6) is 0.139. The quantitative estimate of drug-likeness (QED) is 0.803. The van der Waals surface area contributed by atoms with E-state index < -0.39 is 12.3 Å². The Morgan fingerprint density at radius 3 is 2.57 bits per heavy atom. The van der Waals surface area contributed by atoms with E-state index in [0.717, 1.165) is 12.5 Å². The van der Waals surface area contributed by atoms with Crippen LogP contribution in [0.15, 0.2) is 24.3 Å². The maximum Gasteiger partial charge on any atom is 0.425 e. The molecule has 0 unspecified atom stereocenters. The molecule has 4 rings (SSSR count). The number of likely N-dealkylation sites (tertiary alicyclic amines) is 2. The van der Waals surface area contributed by atoms with E-state index in [0.29, 0.717) is 32.6 Å². The zero-order chi connectivity index (χ0) is 21.5. The Morgan fingerprint density at radius 1 is 1.20 bits per heavy atom. The number of urea groups is 1. The lowest BCUT2D eigenvalue weighted by Crippen LogP contribution is -2.63. The molecule has 3 saturated heterocycles. The molecule has 3 amide bonds. The maximum absolute atomic E-state index is 12.8. The fraction of sp³-hybridized carbons (Fsp3) is 0.600. The average molecular weight is 427 g/mol. The van der Waals surface area contributed by atoms with Crippen LogP contribution in [0.3, 0.4) is 0 Å². The first kappa shape index (κ1) is 20.8. The highest BCUT2D eigenvalue weighted by Crippen LogP contribution is 2.31. The third-order valence-electron chi connectivity index (χ3n) is 5.87. The number of ether oxygens (including phenoxy) is 2. The van der Waals surface area contributed by atoms with E-state index in [2.05, 4.69) is 5.32 Å². The number of carbonyl (C=O) groups excluding carboxylic acids is 2. The van der Waals surface area contributed by atoms with Gasteiger partial charge in [-0.3, -0.25) is 4.79 Å². The number of benzene rings is 1. The molecule has 0 spiro atoms. The van der Waals surface area contributed by atoms with Gasteiger partial charge in [0.15, 0.2) is 6.10 Å². The minimum atomic E-state index is -4.41. The van der Waals surface area contributed by atoms with Crippen molar-refractivity contribution in [3.63, 3.8) is 0 Å². The number of piperidine rings is 1. The number of halogens is 3. The molecule has 7 nitrogen and oxygen atoms in total. The monoisotopic (exact) mass is 427 g/mol. The molecule has 0 bridgehead atoms. The lowest BCUT2D eigenvalue weighted by atomic mass is 9.91. The van der Waals surface area contributed by atoms with Gasteiger partial charge < -0.3 is 24.6 Å². The molecule has 1 aromatic carbocycles. The van der Waals surface area contributed by atoms with Gasteiger partial charge in [0.25, 0.3) is 0 Å². The number of hydrogen-bond donors (Lipinski definition) is 1. The summed E-state index contributed by atoms with van der Waals surface area (Å²) < 4.78 is 48.2. The van der Waals surface area contributed by atoms with E-state index in [1.54, 1.807) is 21.9 Å². The van der Waals surface area contributed by atoms with Gasteiger partial charge in [0.05, 0.1) is 12.1 Å². The smallest absolute Gasteiger partial charge is 0.425 e. The first-order valence-corrected chi connectivity index (χ1v) is 9.99. The molecule has 10 heteroatoms. The third-order valence-corrected chi connectivity index (χ3v) is 5.87. The van der Waals surface area contributed by atoms with E-state index in [4.69, 9.17) is 9.47 Å². The van der Waals surface area contributed by atoms with Crippen LogP contribution in [0.4, 0.5) is 18.0 Å². The highest BCUT2D eigenvalue weighted by Gasteiger charge is 2.40. The van der Waals surface area contributed by atoms with Crippen molar-refractivity contribution < 1.29 is 32.2 Å². The van der Waals surface area contributed by atoms with E-state index >= 15 is 0 Å². The molecule has 30 heavy (non-hydrogen) atoms. The molecule has 0 aliphatic carbocycles. The summed E-state index contributed by atoms with van der Waals surface area (Å²) in [4.78, 5) is 27.7. The molecule has 3 fully saturated rings. The van der Waals surface area contributed by atoms with Crippen molar-refractivity contribution in [3.05, 3.63) is 29.8 Å². The highest BCUT2D eigenvalue weighted by molar-refractivity contribution is 5.79. The fourth-order valence-electron chi connectivity index (χ4n) is 4.01. The van der Waals surface area contributed by atoms with Gasteiger partial charge in [0.2, 0.25) is 5.91 Å². The van der Waals surface area contributed by atoms with Crippen LogP contribution in [0.25, 0.3) is 0 Å². The summed E-state index contributed by atoms with van der Waals surface area (Å²) in [6, 6.07) is 6.30. The molecule has 0 aromatic heterocycles. The second kappa shape index (κ2) is 7.98. The number of fused-ring (bicyclic) bond motifs is 1. The largest absolute Gasteiger partial charge is 0.481 e. The van der Waals surface area contributed by atoms with Crippen molar-refractivity contribution in [2.45, 2.75) is 43.7 Å². The number of carbonyl (C=O) groups is 2. The molecule has 1 N–H and O–H groups in total. The van der Waals surface area contributed by atoms with Crippen molar-refractivity contribution in [2.24, 2.45) is 0 Å². The lowest BCUT2D eigenvalue weighted by Gasteiger charge is -2.46. The number of nitrogens with one attached hydrogen (secondary N) is 1. The first-order valence-electron chi connectivity index (χ1n) is 9.99. The van der Waals surface area contributed by atoms with Crippen LogP contribution in [0.5, 0.6) is 5.75 Å². The molecule has 1 aromatic rings. The van der Waals surface area contributed by atoms with Gasteiger partial charge in [0, 0.05) is 32.1 Å². The van der Waals surface area contributed by atoms with Gasteiger partial charge in [-0.15, -0.1) is 0 Å². The third kappa shape index (κ3) is 4.33. The summed E-state index contributed by atoms with van der Waals surface area (Å²) >= 11 is 0. The fourth-order valence-corrected chi connectivity index (χ4v) is 4.01. The highest BCUT2D eigenvalue weighted by atomic mass is 19.4. The molecule has 3 atom stereocenters. The topological polar surface area (TPSA) is 71.1 Å². The van der Waals surface area contributed by atoms with Crippen molar-refractivity contribution in [3.8, 4) is 5.75 Å². The SMILES string of the molecule is C[C@H](Oc1ccc(C2CN(C(=O)N3CC[C@@H]4OCC(=O)N[C@@H]4C3)C2)cc1)C(F)(F)F. The molecule has 3 aliphatic rings. The van der Waals surface area contributed by atoms with Gasteiger partial charge in [-0.1, -0.05) is 12.1 Å². The first-order chi connectivity index (χ1) is 14.2. The number of nitrogens with zero attached hydrogens (tertiary/aromatic N) is 2. The molecular formula is C20H24F3N3O4. The second-order valence-corrected chi connectivity index (χ2v) is 8.01. The number of rotatable bonds is 3. The van der Waals surface area contributed by atoms with Crippen LogP contribution in [0.2, 0.25) is 0 Å². The second-order valence-electron chi connectivity index (χ2n) is 8.01. The van der Waals surface area contributed by atoms with Crippen molar-refractivity contribution in [2.75, 3.05) is 32.8 Å². The predicted octanol–water partition coefficient (Wildman–Crippen LogP) is 2.12. The number of alkyl halides is 3.